The van der Waals surface area contributed by atoms with Crippen LogP contribution in [0.15, 0.2) is 36.5 Å². The molecule has 0 atom stereocenters. The van der Waals surface area contributed by atoms with E-state index in [-0.39, 0.29) is 0 Å². The van der Waals surface area contributed by atoms with Crippen molar-refractivity contribution in [2.45, 2.75) is 51.9 Å². The zero-order valence-corrected chi connectivity index (χ0v) is 18.0. The number of carboxylic acid groups (broad SMARTS) is 1. The standard InChI is InChI=1S/C25H29N3O3/c1-18-6-11-27-23(14-18)31-21-3-2-20(17-26)22(16-21)28-12-9-25(10-13-28)7-4-19(5-8-25)15-24(29)30/h2-3,6,11,14,16,19H,4-5,7-10,12-13,15H2,1H3,(H,29,30). The van der Waals surface area contributed by atoms with Crippen molar-refractivity contribution < 1.29 is 14.6 Å². The van der Waals surface area contributed by atoms with E-state index in [0.717, 1.165) is 62.9 Å². The normalized spacial score (nSPS) is 18.5. The molecular weight excluding hydrogens is 390 g/mol. The number of carbonyl (C=O) groups is 1. The van der Waals surface area contributed by atoms with Crippen LogP contribution >= 0.6 is 0 Å². The number of ether oxygens (including phenoxy) is 1. The Kier molecular flexibility index (Phi) is 6.13. The number of nitriles is 1. The second-order valence-electron chi connectivity index (χ2n) is 9.09. The summed E-state index contributed by atoms with van der Waals surface area (Å²) in [4.78, 5) is 17.6. The van der Waals surface area contributed by atoms with E-state index in [0.29, 0.717) is 34.9 Å². The van der Waals surface area contributed by atoms with Gasteiger partial charge in [-0.3, -0.25) is 4.79 Å². The molecule has 1 N–H and O–H groups in total. The highest BCUT2D eigenvalue weighted by atomic mass is 16.5. The van der Waals surface area contributed by atoms with Gasteiger partial charge in [-0.1, -0.05) is 0 Å². The molecule has 4 rings (SSSR count). The molecule has 1 saturated carbocycles. The molecule has 2 heterocycles. The van der Waals surface area contributed by atoms with Gasteiger partial charge in [0.25, 0.3) is 0 Å². The minimum Gasteiger partial charge on any atom is -0.481 e. The Labute approximate surface area is 183 Å². The smallest absolute Gasteiger partial charge is 0.303 e. The third kappa shape index (κ3) is 4.99. The molecule has 0 radical (unpaired) electrons. The first-order valence-corrected chi connectivity index (χ1v) is 11.1. The Bertz CT molecular complexity index is 980. The summed E-state index contributed by atoms with van der Waals surface area (Å²) in [5.74, 6) is 0.881. The summed E-state index contributed by atoms with van der Waals surface area (Å²) in [6, 6.07) is 11.7. The fourth-order valence-electron chi connectivity index (χ4n) is 5.08. The largest absolute Gasteiger partial charge is 0.481 e. The number of benzene rings is 1. The van der Waals surface area contributed by atoms with Gasteiger partial charge in [-0.15, -0.1) is 0 Å². The first-order chi connectivity index (χ1) is 15.0. The predicted molar refractivity (Wildman–Crippen MR) is 118 cm³/mol. The minimum absolute atomic E-state index is 0.302. The van der Waals surface area contributed by atoms with Crippen LogP contribution in [-0.4, -0.2) is 29.1 Å². The average Bonchev–Trinajstić information content (AvgIpc) is 2.76. The number of aryl methyl sites for hydroxylation is 1. The third-order valence-corrected chi connectivity index (χ3v) is 7.00. The second-order valence-corrected chi connectivity index (χ2v) is 9.09. The van der Waals surface area contributed by atoms with Gasteiger partial charge in [0.1, 0.15) is 11.8 Å². The molecule has 1 aromatic heterocycles. The Balaban J connectivity index is 1.43. The van der Waals surface area contributed by atoms with E-state index in [1.54, 1.807) is 6.20 Å². The number of piperidine rings is 1. The molecule has 1 aromatic carbocycles. The van der Waals surface area contributed by atoms with E-state index < -0.39 is 5.97 Å². The van der Waals surface area contributed by atoms with Gasteiger partial charge >= 0.3 is 5.97 Å². The van der Waals surface area contributed by atoms with Crippen LogP contribution in [0.1, 0.15) is 56.1 Å². The van der Waals surface area contributed by atoms with E-state index in [9.17, 15) is 10.1 Å². The van der Waals surface area contributed by atoms with Crippen molar-refractivity contribution in [1.82, 2.24) is 4.98 Å². The fraction of sp³-hybridized carbons (Fsp3) is 0.480. The first-order valence-electron chi connectivity index (χ1n) is 11.1. The lowest BCUT2D eigenvalue weighted by molar-refractivity contribution is -0.138. The maximum absolute atomic E-state index is 11.0. The van der Waals surface area contributed by atoms with Gasteiger partial charge < -0.3 is 14.7 Å². The van der Waals surface area contributed by atoms with Crippen molar-refractivity contribution in [2.75, 3.05) is 18.0 Å². The van der Waals surface area contributed by atoms with Gasteiger partial charge in [0, 0.05) is 37.8 Å². The van der Waals surface area contributed by atoms with Crippen LogP contribution in [0.5, 0.6) is 11.6 Å². The summed E-state index contributed by atoms with van der Waals surface area (Å²) < 4.78 is 5.95. The molecule has 2 fully saturated rings. The number of hydrogen-bond acceptors (Lipinski definition) is 5. The zero-order valence-electron chi connectivity index (χ0n) is 18.0. The Morgan fingerprint density at radius 2 is 1.97 bits per heavy atom. The molecule has 162 valence electrons. The maximum Gasteiger partial charge on any atom is 0.303 e. The molecule has 31 heavy (non-hydrogen) atoms. The van der Waals surface area contributed by atoms with Crippen molar-refractivity contribution in [1.29, 1.82) is 5.26 Å². The SMILES string of the molecule is Cc1ccnc(Oc2ccc(C#N)c(N3CCC4(CCC(CC(=O)O)CC4)CC3)c2)c1. The van der Waals surface area contributed by atoms with Crippen molar-refractivity contribution >= 4 is 11.7 Å². The van der Waals surface area contributed by atoms with Gasteiger partial charge in [0.15, 0.2) is 0 Å². The van der Waals surface area contributed by atoms with Gasteiger partial charge in [-0.05, 0) is 80.5 Å². The van der Waals surface area contributed by atoms with Crippen molar-refractivity contribution in [3.63, 3.8) is 0 Å². The quantitative estimate of drug-likeness (QED) is 0.707. The monoisotopic (exact) mass is 419 g/mol. The van der Waals surface area contributed by atoms with Crippen LogP contribution in [-0.2, 0) is 4.79 Å². The molecule has 1 aliphatic heterocycles. The number of rotatable bonds is 5. The lowest BCUT2D eigenvalue weighted by Crippen LogP contribution is -2.42. The number of hydrogen-bond donors (Lipinski definition) is 1. The number of nitrogens with zero attached hydrogens (tertiary/aromatic N) is 3. The van der Waals surface area contributed by atoms with Crippen LogP contribution in [0, 0.1) is 29.6 Å². The van der Waals surface area contributed by atoms with Crippen molar-refractivity contribution in [2.24, 2.45) is 11.3 Å². The van der Waals surface area contributed by atoms with E-state index in [2.05, 4.69) is 16.0 Å². The summed E-state index contributed by atoms with van der Waals surface area (Å²) in [5, 5.41) is 18.7. The topological polar surface area (TPSA) is 86.5 Å². The average molecular weight is 420 g/mol. The van der Waals surface area contributed by atoms with Gasteiger partial charge in [-0.2, -0.15) is 5.26 Å². The third-order valence-electron chi connectivity index (χ3n) is 7.00. The molecule has 0 unspecified atom stereocenters. The molecule has 6 heteroatoms. The first kappa shape index (κ1) is 21.2. The molecule has 1 saturated heterocycles. The fourth-order valence-corrected chi connectivity index (χ4v) is 5.08. The summed E-state index contributed by atoms with van der Waals surface area (Å²) in [7, 11) is 0. The molecule has 2 aliphatic rings. The Morgan fingerprint density at radius 3 is 2.61 bits per heavy atom. The number of aromatic nitrogens is 1. The molecule has 0 bridgehead atoms. The van der Waals surface area contributed by atoms with E-state index in [1.165, 1.54) is 0 Å². The lowest BCUT2D eigenvalue weighted by atomic mass is 9.65. The zero-order chi connectivity index (χ0) is 21.8. The highest BCUT2D eigenvalue weighted by Crippen LogP contribution is 2.47. The van der Waals surface area contributed by atoms with Crippen LogP contribution in [0.3, 0.4) is 0 Å². The van der Waals surface area contributed by atoms with Gasteiger partial charge in [0.2, 0.25) is 5.88 Å². The summed E-state index contributed by atoms with van der Waals surface area (Å²) in [6.45, 7) is 3.81. The van der Waals surface area contributed by atoms with Crippen LogP contribution in [0.4, 0.5) is 5.69 Å². The minimum atomic E-state index is -0.678. The number of carboxylic acids is 1. The van der Waals surface area contributed by atoms with Crippen LogP contribution in [0.2, 0.25) is 0 Å². The second kappa shape index (κ2) is 8.97. The highest BCUT2D eigenvalue weighted by molar-refractivity contribution is 5.67. The summed E-state index contributed by atoms with van der Waals surface area (Å²) in [5.41, 5.74) is 2.99. The van der Waals surface area contributed by atoms with E-state index >= 15 is 0 Å². The lowest BCUT2D eigenvalue weighted by Gasteiger charge is -2.46. The Hall–Kier alpha value is -3.07. The predicted octanol–water partition coefficient (Wildman–Crippen LogP) is 5.31. The molecule has 0 amide bonds. The van der Waals surface area contributed by atoms with Crippen molar-refractivity contribution in [3.05, 3.63) is 47.7 Å². The summed E-state index contributed by atoms with van der Waals surface area (Å²) >= 11 is 0. The van der Waals surface area contributed by atoms with E-state index in [1.807, 2.05) is 37.3 Å². The number of pyridine rings is 1. The number of anilines is 1. The maximum atomic E-state index is 11.0. The molecule has 1 spiro atoms. The molecule has 6 nitrogen and oxygen atoms in total. The van der Waals surface area contributed by atoms with E-state index in [4.69, 9.17) is 9.84 Å². The molecular formula is C25H29N3O3. The molecule has 2 aromatic rings. The summed E-state index contributed by atoms with van der Waals surface area (Å²) in [6.07, 6.45) is 8.47. The molecule has 1 aliphatic carbocycles. The highest BCUT2D eigenvalue weighted by Gasteiger charge is 2.38. The van der Waals surface area contributed by atoms with Gasteiger partial charge in [-0.25, -0.2) is 4.98 Å². The number of aliphatic carboxylic acids is 1. The van der Waals surface area contributed by atoms with Crippen LogP contribution in [0.25, 0.3) is 0 Å². The van der Waals surface area contributed by atoms with Crippen LogP contribution < -0.4 is 9.64 Å². The van der Waals surface area contributed by atoms with Gasteiger partial charge in [0.05, 0.1) is 11.3 Å². The van der Waals surface area contributed by atoms with Crippen molar-refractivity contribution in [3.8, 4) is 17.7 Å². The Morgan fingerprint density at radius 1 is 1.23 bits per heavy atom.